The van der Waals surface area contributed by atoms with Crippen molar-refractivity contribution in [3.05, 3.63) is 17.7 Å². The van der Waals surface area contributed by atoms with Crippen LogP contribution in [0.4, 0.5) is 5.82 Å². The molecule has 1 rings (SSSR count). The van der Waals surface area contributed by atoms with Gasteiger partial charge in [-0.3, -0.25) is 4.79 Å². The Bertz CT molecular complexity index is 273. The van der Waals surface area contributed by atoms with Gasteiger partial charge in [0.2, 0.25) is 5.88 Å². The number of aldehydes is 1. The second-order valence-electron chi connectivity index (χ2n) is 1.99. The number of carbonyl (C=O) groups is 1. The fourth-order valence-electron chi connectivity index (χ4n) is 0.719. The van der Waals surface area contributed by atoms with Crippen LogP contribution in [0.15, 0.2) is 12.1 Å². The Balaban J connectivity index is 3.11. The summed E-state index contributed by atoms with van der Waals surface area (Å²) in [7, 11) is 1.47. The van der Waals surface area contributed by atoms with Gasteiger partial charge in [0.15, 0.2) is 0 Å². The molecule has 4 heteroatoms. The van der Waals surface area contributed by atoms with Crippen LogP contribution in [0, 0.1) is 0 Å². The van der Waals surface area contributed by atoms with Gasteiger partial charge < -0.3 is 10.5 Å². The zero-order valence-corrected chi connectivity index (χ0v) is 6.07. The third-order valence-corrected chi connectivity index (χ3v) is 1.19. The Kier molecular flexibility index (Phi) is 2.06. The number of anilines is 1. The minimum Gasteiger partial charge on any atom is -0.481 e. The molecule has 0 unspecified atom stereocenters. The number of nitrogen functional groups attached to an aromatic ring is 1. The molecule has 0 saturated carbocycles. The minimum absolute atomic E-state index is 0.284. The first kappa shape index (κ1) is 7.53. The van der Waals surface area contributed by atoms with Gasteiger partial charge in [-0.25, -0.2) is 0 Å². The summed E-state index contributed by atoms with van der Waals surface area (Å²) < 4.78 is 4.79. The van der Waals surface area contributed by atoms with E-state index >= 15 is 0 Å². The van der Waals surface area contributed by atoms with E-state index in [9.17, 15) is 4.79 Å². The quantitative estimate of drug-likeness (QED) is 0.626. The largest absolute Gasteiger partial charge is 0.481 e. The number of rotatable bonds is 2. The van der Waals surface area contributed by atoms with Crippen molar-refractivity contribution < 1.29 is 9.53 Å². The van der Waals surface area contributed by atoms with Crippen LogP contribution in [0.1, 0.15) is 10.4 Å². The summed E-state index contributed by atoms with van der Waals surface area (Å²) in [5.74, 6) is 0.638. The number of carbonyl (C=O) groups excluding carboxylic acids is 1. The van der Waals surface area contributed by atoms with E-state index in [1.54, 1.807) is 0 Å². The number of hydrogen-bond donors (Lipinski definition) is 1. The van der Waals surface area contributed by atoms with Crippen molar-refractivity contribution in [1.82, 2.24) is 4.98 Å². The molecule has 1 aromatic heterocycles. The van der Waals surface area contributed by atoms with E-state index in [1.165, 1.54) is 19.2 Å². The van der Waals surface area contributed by atoms with Crippen molar-refractivity contribution in [2.24, 2.45) is 0 Å². The van der Waals surface area contributed by atoms with Crippen molar-refractivity contribution in [2.75, 3.05) is 12.8 Å². The normalized spacial score (nSPS) is 9.18. The number of aromatic nitrogens is 1. The average molecular weight is 152 g/mol. The van der Waals surface area contributed by atoms with Gasteiger partial charge in [-0.2, -0.15) is 4.98 Å². The molecule has 0 amide bonds. The van der Waals surface area contributed by atoms with E-state index in [0.29, 0.717) is 17.7 Å². The molecule has 0 radical (unpaired) electrons. The predicted molar refractivity (Wildman–Crippen MR) is 40.6 cm³/mol. The summed E-state index contributed by atoms with van der Waals surface area (Å²) in [5.41, 5.74) is 5.83. The Morgan fingerprint density at radius 3 is 2.91 bits per heavy atom. The molecular weight excluding hydrogens is 144 g/mol. The first-order valence-corrected chi connectivity index (χ1v) is 3.03. The number of nitrogens with two attached hydrogens (primary N) is 1. The summed E-state index contributed by atoms with van der Waals surface area (Å²) in [6.45, 7) is 0. The topological polar surface area (TPSA) is 65.2 Å². The highest BCUT2D eigenvalue weighted by atomic mass is 16.5. The summed E-state index contributed by atoms with van der Waals surface area (Å²) >= 11 is 0. The molecular formula is C7H8N2O2. The third-order valence-electron chi connectivity index (χ3n) is 1.19. The van der Waals surface area contributed by atoms with Gasteiger partial charge in [0.1, 0.15) is 12.1 Å². The van der Waals surface area contributed by atoms with Gasteiger partial charge in [0.25, 0.3) is 0 Å². The maximum atomic E-state index is 10.3. The molecule has 0 aliphatic heterocycles. The van der Waals surface area contributed by atoms with Gasteiger partial charge in [0, 0.05) is 11.6 Å². The molecule has 0 aromatic carbocycles. The summed E-state index contributed by atoms with van der Waals surface area (Å²) in [6, 6.07) is 3.00. The Labute approximate surface area is 64.0 Å². The second kappa shape index (κ2) is 3.01. The molecule has 0 saturated heterocycles. The number of methoxy groups -OCH3 is 1. The van der Waals surface area contributed by atoms with E-state index < -0.39 is 0 Å². The molecule has 0 bridgehead atoms. The monoisotopic (exact) mass is 152 g/mol. The van der Waals surface area contributed by atoms with E-state index in [-0.39, 0.29) is 5.82 Å². The Morgan fingerprint density at radius 2 is 2.36 bits per heavy atom. The fourth-order valence-corrected chi connectivity index (χ4v) is 0.719. The summed E-state index contributed by atoms with van der Waals surface area (Å²) in [5, 5.41) is 0. The number of ether oxygens (including phenoxy) is 1. The van der Waals surface area contributed by atoms with Crippen LogP contribution in [-0.4, -0.2) is 18.4 Å². The van der Waals surface area contributed by atoms with Crippen molar-refractivity contribution in [1.29, 1.82) is 0 Å². The molecule has 4 nitrogen and oxygen atoms in total. The lowest BCUT2D eigenvalue weighted by molar-refractivity contribution is 0.112. The molecule has 58 valence electrons. The Morgan fingerprint density at radius 1 is 1.64 bits per heavy atom. The van der Waals surface area contributed by atoms with Crippen LogP contribution in [-0.2, 0) is 0 Å². The van der Waals surface area contributed by atoms with E-state index in [2.05, 4.69) is 4.98 Å². The lowest BCUT2D eigenvalue weighted by Crippen LogP contribution is -1.95. The van der Waals surface area contributed by atoms with Crippen LogP contribution in [0.2, 0.25) is 0 Å². The zero-order chi connectivity index (χ0) is 8.27. The second-order valence-corrected chi connectivity index (χ2v) is 1.99. The predicted octanol–water partition coefficient (Wildman–Crippen LogP) is 0.485. The smallest absolute Gasteiger partial charge is 0.215 e. The average Bonchev–Trinajstić information content (AvgIpc) is 2.03. The fraction of sp³-hybridized carbons (Fsp3) is 0.143. The summed E-state index contributed by atoms with van der Waals surface area (Å²) in [4.78, 5) is 14.1. The number of pyridine rings is 1. The van der Waals surface area contributed by atoms with Crippen molar-refractivity contribution in [3.8, 4) is 5.88 Å². The van der Waals surface area contributed by atoms with Gasteiger partial charge >= 0.3 is 0 Å². The molecule has 0 spiro atoms. The maximum absolute atomic E-state index is 10.3. The molecule has 1 heterocycles. The number of hydrogen-bond acceptors (Lipinski definition) is 4. The standard InChI is InChI=1S/C7H8N2O2/c1-11-7-3-5(4-10)2-6(8)9-7/h2-4H,1H3,(H2,8,9). The van der Waals surface area contributed by atoms with E-state index in [1.807, 2.05) is 0 Å². The van der Waals surface area contributed by atoms with Crippen LogP contribution in [0.25, 0.3) is 0 Å². The SMILES string of the molecule is COc1cc(C=O)cc(N)n1. The molecule has 0 atom stereocenters. The van der Waals surface area contributed by atoms with Gasteiger partial charge in [0.05, 0.1) is 7.11 Å². The van der Waals surface area contributed by atoms with Crippen LogP contribution >= 0.6 is 0 Å². The zero-order valence-electron chi connectivity index (χ0n) is 6.07. The van der Waals surface area contributed by atoms with Gasteiger partial charge in [-0.1, -0.05) is 0 Å². The van der Waals surface area contributed by atoms with E-state index in [0.717, 1.165) is 0 Å². The van der Waals surface area contributed by atoms with Crippen molar-refractivity contribution in [3.63, 3.8) is 0 Å². The van der Waals surface area contributed by atoms with Gasteiger partial charge in [-0.15, -0.1) is 0 Å². The highest BCUT2D eigenvalue weighted by molar-refractivity contribution is 5.76. The van der Waals surface area contributed by atoms with Gasteiger partial charge in [-0.05, 0) is 6.07 Å². The summed E-state index contributed by atoms with van der Waals surface area (Å²) in [6.07, 6.45) is 0.695. The maximum Gasteiger partial charge on any atom is 0.215 e. The lowest BCUT2D eigenvalue weighted by atomic mass is 10.3. The van der Waals surface area contributed by atoms with Crippen LogP contribution in [0.3, 0.4) is 0 Å². The molecule has 2 N–H and O–H groups in total. The third kappa shape index (κ3) is 1.67. The van der Waals surface area contributed by atoms with Crippen molar-refractivity contribution >= 4 is 12.1 Å². The van der Waals surface area contributed by atoms with E-state index in [4.69, 9.17) is 10.5 Å². The molecule has 0 aliphatic rings. The molecule has 1 aromatic rings. The first-order chi connectivity index (χ1) is 5.26. The molecule has 0 fully saturated rings. The first-order valence-electron chi connectivity index (χ1n) is 3.03. The van der Waals surface area contributed by atoms with Crippen LogP contribution < -0.4 is 10.5 Å². The minimum atomic E-state index is 0.284. The number of nitrogens with zero attached hydrogens (tertiary/aromatic N) is 1. The molecule has 0 aliphatic carbocycles. The Hall–Kier alpha value is -1.58. The van der Waals surface area contributed by atoms with Crippen molar-refractivity contribution in [2.45, 2.75) is 0 Å². The highest BCUT2D eigenvalue weighted by Gasteiger charge is 1.97. The lowest BCUT2D eigenvalue weighted by Gasteiger charge is -1.99. The van der Waals surface area contributed by atoms with Crippen LogP contribution in [0.5, 0.6) is 5.88 Å². The highest BCUT2D eigenvalue weighted by Crippen LogP contribution is 2.11. The molecule has 11 heavy (non-hydrogen) atoms.